The van der Waals surface area contributed by atoms with Gasteiger partial charge in [-0.2, -0.15) is 0 Å². The van der Waals surface area contributed by atoms with Crippen LogP contribution in [0, 0.1) is 6.92 Å². The highest BCUT2D eigenvalue weighted by Crippen LogP contribution is 2.22. The lowest BCUT2D eigenvalue weighted by Gasteiger charge is -2.06. The normalized spacial score (nSPS) is 10.1. The molecule has 0 spiro atoms. The molecular weight excluding hydrogens is 398 g/mol. The van der Waals surface area contributed by atoms with E-state index in [2.05, 4.69) is 31.5 Å². The zero-order valence-corrected chi connectivity index (χ0v) is 15.1. The van der Waals surface area contributed by atoms with Crippen molar-refractivity contribution in [3.8, 4) is 0 Å². The van der Waals surface area contributed by atoms with Gasteiger partial charge in [-0.3, -0.25) is 19.7 Å². The molecule has 0 bridgehead atoms. The first-order chi connectivity index (χ1) is 11.4. The van der Waals surface area contributed by atoms with Crippen molar-refractivity contribution in [2.45, 2.75) is 6.92 Å². The van der Waals surface area contributed by atoms with Gasteiger partial charge in [0.2, 0.25) is 0 Å². The molecule has 0 aliphatic heterocycles. The number of esters is 1. The summed E-state index contributed by atoms with van der Waals surface area (Å²) in [6.07, 6.45) is 1.55. The highest BCUT2D eigenvalue weighted by Gasteiger charge is 2.11. The largest absolute Gasteiger partial charge is 0.454 e. The van der Waals surface area contributed by atoms with E-state index in [9.17, 15) is 14.4 Å². The van der Waals surface area contributed by atoms with Crippen molar-refractivity contribution in [3.05, 3.63) is 45.4 Å². The van der Waals surface area contributed by atoms with Crippen LogP contribution in [0.1, 0.15) is 15.9 Å². The summed E-state index contributed by atoms with van der Waals surface area (Å²) in [6, 6.07) is 6.92. The molecule has 2 rings (SSSR count). The van der Waals surface area contributed by atoms with Gasteiger partial charge in [-0.15, -0.1) is 0 Å². The second-order valence-corrected chi connectivity index (χ2v) is 7.14. The number of carbonyl (C=O) groups excluding carboxylic acids is 3. The molecule has 126 valence electrons. The van der Waals surface area contributed by atoms with Gasteiger partial charge in [0.15, 0.2) is 11.7 Å². The van der Waals surface area contributed by atoms with E-state index in [1.54, 1.807) is 30.5 Å². The van der Waals surface area contributed by atoms with Crippen LogP contribution >= 0.6 is 27.3 Å². The first-order valence-electron chi connectivity index (χ1n) is 6.85. The number of nitrogens with one attached hydrogen (secondary N) is 2. The molecule has 0 radical (unpaired) electrons. The van der Waals surface area contributed by atoms with Crippen LogP contribution < -0.4 is 10.6 Å². The Morgan fingerprint density at radius 1 is 1.25 bits per heavy atom. The zero-order chi connectivity index (χ0) is 17.5. The summed E-state index contributed by atoms with van der Waals surface area (Å²) in [4.78, 5) is 38.9. The van der Waals surface area contributed by atoms with Crippen molar-refractivity contribution >= 4 is 50.2 Å². The number of ether oxygens (including phenoxy) is 1. The Labute approximate surface area is 150 Å². The number of halogens is 1. The van der Waals surface area contributed by atoms with Crippen LogP contribution in [0.15, 0.2) is 34.2 Å². The molecule has 0 fully saturated rings. The maximum Gasteiger partial charge on any atom is 0.325 e. The van der Waals surface area contributed by atoms with Crippen LogP contribution in [0.25, 0.3) is 0 Å². The van der Waals surface area contributed by atoms with E-state index in [0.29, 0.717) is 10.7 Å². The van der Waals surface area contributed by atoms with E-state index in [4.69, 9.17) is 4.74 Å². The minimum absolute atomic E-state index is 0.317. The molecule has 7 nitrogen and oxygen atoms in total. The monoisotopic (exact) mass is 411 g/mol. The summed E-state index contributed by atoms with van der Waals surface area (Å²) >= 11 is 4.46. The average Bonchev–Trinajstić information content (AvgIpc) is 2.96. The SMILES string of the molecule is Cc1ccc(C(=O)NCC(=O)OCC(=O)Nc2ncc(Br)s2)cc1. The van der Waals surface area contributed by atoms with Crippen molar-refractivity contribution in [2.24, 2.45) is 0 Å². The van der Waals surface area contributed by atoms with Crippen molar-refractivity contribution in [1.29, 1.82) is 0 Å². The number of carbonyl (C=O) groups is 3. The molecular formula is C15H14BrN3O4S. The summed E-state index contributed by atoms with van der Waals surface area (Å²) in [7, 11) is 0. The molecule has 2 N–H and O–H groups in total. The summed E-state index contributed by atoms with van der Waals surface area (Å²) in [6.45, 7) is 1.15. The molecule has 1 aromatic carbocycles. The standard InChI is InChI=1S/C15H14BrN3O4S/c1-9-2-4-10(5-3-9)14(22)17-7-13(21)23-8-12(20)19-15-18-6-11(16)24-15/h2-6H,7-8H2,1H3,(H,17,22)(H,18,19,20). The summed E-state index contributed by atoms with van der Waals surface area (Å²) in [5.41, 5.74) is 1.48. The molecule has 0 aliphatic carbocycles. The molecule has 1 heterocycles. The molecule has 9 heteroatoms. The Morgan fingerprint density at radius 2 is 1.96 bits per heavy atom. The number of benzene rings is 1. The Morgan fingerprint density at radius 3 is 2.58 bits per heavy atom. The fourth-order valence-corrected chi connectivity index (χ4v) is 2.75. The minimum Gasteiger partial charge on any atom is -0.454 e. The van der Waals surface area contributed by atoms with Gasteiger partial charge in [-0.05, 0) is 35.0 Å². The second-order valence-electron chi connectivity index (χ2n) is 4.73. The van der Waals surface area contributed by atoms with Gasteiger partial charge in [0.25, 0.3) is 11.8 Å². The number of aryl methyl sites for hydroxylation is 1. The lowest BCUT2D eigenvalue weighted by atomic mass is 10.1. The zero-order valence-electron chi connectivity index (χ0n) is 12.7. The molecule has 0 unspecified atom stereocenters. The highest BCUT2D eigenvalue weighted by molar-refractivity contribution is 9.11. The van der Waals surface area contributed by atoms with Crippen LogP contribution in [0.2, 0.25) is 0 Å². The molecule has 0 atom stereocenters. The van der Waals surface area contributed by atoms with Gasteiger partial charge >= 0.3 is 5.97 Å². The second kappa shape index (κ2) is 8.55. The quantitative estimate of drug-likeness (QED) is 0.709. The minimum atomic E-state index is -0.703. The van der Waals surface area contributed by atoms with Crippen LogP contribution in [-0.2, 0) is 14.3 Å². The lowest BCUT2D eigenvalue weighted by Crippen LogP contribution is -2.32. The van der Waals surface area contributed by atoms with E-state index >= 15 is 0 Å². The number of aromatic nitrogens is 1. The van der Waals surface area contributed by atoms with Crippen molar-refractivity contribution in [1.82, 2.24) is 10.3 Å². The molecule has 0 saturated heterocycles. The summed E-state index contributed by atoms with van der Waals surface area (Å²) < 4.78 is 5.56. The fraction of sp³-hybridized carbons (Fsp3) is 0.200. The number of hydrogen-bond acceptors (Lipinski definition) is 6. The van der Waals surface area contributed by atoms with Gasteiger partial charge < -0.3 is 10.1 Å². The lowest BCUT2D eigenvalue weighted by molar-refractivity contribution is -0.146. The highest BCUT2D eigenvalue weighted by atomic mass is 79.9. The van der Waals surface area contributed by atoms with Crippen molar-refractivity contribution < 1.29 is 19.1 Å². The Hall–Kier alpha value is -2.26. The molecule has 1 aromatic heterocycles. The summed E-state index contributed by atoms with van der Waals surface area (Å²) in [5, 5.41) is 5.32. The number of rotatable bonds is 6. The topological polar surface area (TPSA) is 97.4 Å². The van der Waals surface area contributed by atoms with Crippen LogP contribution in [0.3, 0.4) is 0 Å². The molecule has 2 amide bonds. The number of amides is 2. The van der Waals surface area contributed by atoms with Crippen molar-refractivity contribution in [2.75, 3.05) is 18.5 Å². The third-order valence-electron chi connectivity index (χ3n) is 2.80. The number of anilines is 1. The third-order valence-corrected chi connectivity index (χ3v) is 4.19. The number of nitrogens with zero attached hydrogens (tertiary/aromatic N) is 1. The predicted octanol–water partition coefficient (Wildman–Crippen LogP) is 2.13. The van der Waals surface area contributed by atoms with E-state index in [-0.39, 0.29) is 12.5 Å². The van der Waals surface area contributed by atoms with Crippen LogP contribution in [-0.4, -0.2) is 35.9 Å². The molecule has 2 aromatic rings. The van der Waals surface area contributed by atoms with E-state index in [0.717, 1.165) is 9.35 Å². The smallest absolute Gasteiger partial charge is 0.325 e. The Kier molecular flexibility index (Phi) is 6.44. The molecule has 0 aliphatic rings. The van der Waals surface area contributed by atoms with Crippen LogP contribution in [0.5, 0.6) is 0 Å². The Bertz CT molecular complexity index is 745. The molecule has 24 heavy (non-hydrogen) atoms. The first kappa shape index (κ1) is 18.1. The van der Waals surface area contributed by atoms with Gasteiger partial charge in [-0.1, -0.05) is 29.0 Å². The van der Waals surface area contributed by atoms with Crippen molar-refractivity contribution in [3.63, 3.8) is 0 Å². The fourth-order valence-electron chi connectivity index (χ4n) is 1.62. The third kappa shape index (κ3) is 5.74. The van der Waals surface area contributed by atoms with Gasteiger partial charge in [0.1, 0.15) is 6.54 Å². The van der Waals surface area contributed by atoms with Crippen LogP contribution in [0.4, 0.5) is 5.13 Å². The number of thiazole rings is 1. The van der Waals surface area contributed by atoms with Gasteiger partial charge in [0.05, 0.1) is 9.98 Å². The van der Waals surface area contributed by atoms with Gasteiger partial charge in [-0.25, -0.2) is 4.98 Å². The maximum atomic E-state index is 11.8. The predicted molar refractivity (Wildman–Crippen MR) is 92.9 cm³/mol. The Balaban J connectivity index is 1.70. The van der Waals surface area contributed by atoms with Gasteiger partial charge in [0, 0.05) is 5.56 Å². The van der Waals surface area contributed by atoms with E-state index < -0.39 is 18.5 Å². The molecule has 0 saturated carbocycles. The van der Waals surface area contributed by atoms with E-state index in [1.165, 1.54) is 11.3 Å². The van der Waals surface area contributed by atoms with E-state index in [1.807, 2.05) is 6.92 Å². The maximum absolute atomic E-state index is 11.8. The summed E-state index contributed by atoms with van der Waals surface area (Å²) in [5.74, 6) is -1.59. The average molecular weight is 412 g/mol. The number of hydrogen-bond donors (Lipinski definition) is 2. The first-order valence-corrected chi connectivity index (χ1v) is 8.46.